The monoisotopic (exact) mass is 638 g/mol. The fourth-order valence-corrected chi connectivity index (χ4v) is 12.9. The van der Waals surface area contributed by atoms with Crippen molar-refractivity contribution in [3.05, 3.63) is 52.3 Å². The van der Waals surface area contributed by atoms with Crippen molar-refractivity contribution in [1.82, 2.24) is 9.13 Å². The van der Waals surface area contributed by atoms with E-state index in [9.17, 15) is 0 Å². The third kappa shape index (κ3) is 9.60. The van der Waals surface area contributed by atoms with Crippen molar-refractivity contribution in [2.45, 2.75) is 113 Å². The first-order chi connectivity index (χ1) is 16.7. The number of aryl methyl sites for hydroxylation is 2. The topological polar surface area (TPSA) is 9.86 Å². The Morgan fingerprint density at radius 2 is 1.03 bits per heavy atom. The molecule has 3 aliphatic carbocycles. The van der Waals surface area contributed by atoms with Crippen molar-refractivity contribution >= 4 is 12.5 Å². The van der Waals surface area contributed by atoms with Crippen LogP contribution in [0.2, 0.25) is 0 Å². The van der Waals surface area contributed by atoms with E-state index < -0.39 is 0 Å². The van der Waals surface area contributed by atoms with E-state index >= 15 is 0 Å². The molecule has 0 amide bonds. The van der Waals surface area contributed by atoms with E-state index in [1.165, 1.54) is 45.8 Å². The summed E-state index contributed by atoms with van der Waals surface area (Å²) in [5.41, 5.74) is 4.89. The molecule has 36 heavy (non-hydrogen) atoms. The molecule has 0 aliphatic heterocycles. The predicted octanol–water partition coefficient (Wildman–Crippen LogP) is 2.30. The molecule has 1 aromatic carbocycles. The summed E-state index contributed by atoms with van der Waals surface area (Å²) in [4.78, 5) is 0. The van der Waals surface area contributed by atoms with E-state index in [-0.39, 0.29) is 41.0 Å². The average Bonchev–Trinajstić information content (AvgIpc) is 3.23. The quantitative estimate of drug-likeness (QED) is 0.360. The Kier molecular flexibility index (Phi) is 15.6. The van der Waals surface area contributed by atoms with Crippen LogP contribution in [0.4, 0.5) is 0 Å². The van der Waals surface area contributed by atoms with Gasteiger partial charge in [0.2, 0.25) is 0 Å². The molecule has 0 N–H and O–H groups in total. The molecule has 0 bridgehead atoms. The predicted molar refractivity (Wildman–Crippen MR) is 147 cm³/mol. The van der Waals surface area contributed by atoms with Gasteiger partial charge in [0.15, 0.2) is 0 Å². The van der Waals surface area contributed by atoms with Crippen LogP contribution in [0, 0.1) is 4.01 Å². The van der Waals surface area contributed by atoms with Crippen LogP contribution in [-0.4, -0.2) is 30.7 Å². The van der Waals surface area contributed by atoms with Gasteiger partial charge in [-0.05, 0) is 55.5 Å². The van der Waals surface area contributed by atoms with Crippen molar-refractivity contribution in [3.63, 3.8) is 0 Å². The van der Waals surface area contributed by atoms with Crippen molar-refractivity contribution in [2.24, 2.45) is 14.1 Å². The number of benzene rings is 1. The van der Waals surface area contributed by atoms with Gasteiger partial charge in [-0.3, -0.25) is 0 Å². The Morgan fingerprint density at radius 1 is 0.639 bits per heavy atom. The van der Waals surface area contributed by atoms with Crippen molar-refractivity contribution in [3.8, 4) is 0 Å². The largest absolute Gasteiger partial charge is 1.00 e. The molecular formula is C30H47Cl2N2PRu. The molecule has 204 valence electrons. The SMILES string of the molecule is C1CCC(P(C2CCCCC2)C2CCCCC2)CC1.Cn1ccn(C)[c]1=[Ru+2]=[CH]c1ccccc1.[Cl-].[Cl-]. The zero-order valence-corrected chi connectivity index (χ0v) is 26.6. The van der Waals surface area contributed by atoms with Crippen molar-refractivity contribution in [1.29, 1.82) is 0 Å². The van der Waals surface area contributed by atoms with Gasteiger partial charge in [-0.2, -0.15) is 0 Å². The van der Waals surface area contributed by atoms with Crippen LogP contribution < -0.4 is 24.8 Å². The van der Waals surface area contributed by atoms with Crippen LogP contribution in [0.1, 0.15) is 102 Å². The maximum atomic E-state index is 2.34. The number of nitrogens with zero attached hydrogens (tertiary/aromatic N) is 2. The van der Waals surface area contributed by atoms with Gasteiger partial charge in [0, 0.05) is 0 Å². The average molecular weight is 639 g/mol. The van der Waals surface area contributed by atoms with Gasteiger partial charge in [0.25, 0.3) is 0 Å². The van der Waals surface area contributed by atoms with E-state index in [1.54, 1.807) is 77.0 Å². The van der Waals surface area contributed by atoms with E-state index in [4.69, 9.17) is 0 Å². The summed E-state index contributed by atoms with van der Waals surface area (Å²) in [6, 6.07) is 10.5. The number of aromatic nitrogens is 2. The molecule has 0 spiro atoms. The fraction of sp³-hybridized carbons (Fsp3) is 0.667. The molecule has 3 aliphatic rings. The van der Waals surface area contributed by atoms with Gasteiger partial charge in [-0.1, -0.05) is 65.7 Å². The molecule has 0 atom stereocenters. The van der Waals surface area contributed by atoms with E-state index in [0.29, 0.717) is 7.92 Å². The molecule has 1 aromatic heterocycles. The zero-order chi connectivity index (χ0) is 23.6. The molecule has 0 unspecified atom stereocenters. The van der Waals surface area contributed by atoms with Crippen LogP contribution in [0.5, 0.6) is 0 Å². The molecule has 0 saturated heterocycles. The van der Waals surface area contributed by atoms with Gasteiger partial charge in [-0.15, -0.1) is 0 Å². The molecule has 3 saturated carbocycles. The van der Waals surface area contributed by atoms with E-state index in [2.05, 4.69) is 70.6 Å². The summed E-state index contributed by atoms with van der Waals surface area (Å²) in [5, 5.41) is 0. The Labute approximate surface area is 241 Å². The van der Waals surface area contributed by atoms with Gasteiger partial charge in [-0.25, -0.2) is 0 Å². The Balaban J connectivity index is 0.000000246. The summed E-state index contributed by atoms with van der Waals surface area (Å²) >= 11 is 0.129. The molecule has 3 fully saturated rings. The smallest absolute Gasteiger partial charge is 1.00 e. The molecule has 1 heterocycles. The van der Waals surface area contributed by atoms with Gasteiger partial charge in [0.1, 0.15) is 0 Å². The number of rotatable bonds is 4. The molecule has 0 radical (unpaired) electrons. The standard InChI is InChI=1S/C18H33P.C7H6.C5H8N2.2ClH.Ru/c1-4-10-16(11-5-1)19(17-12-6-2-7-13-17)18-14-8-3-9-15-18;1-7-5-3-2-4-6-7;1-6-3-4-7(2)5-6;;;/h16-18H,1-15H2;1-6H;3-4H,1-2H3;2*1H;/q;;;;;+2/p-2. The number of hydrogen-bond acceptors (Lipinski definition) is 0. The third-order valence-electron chi connectivity index (χ3n) is 8.13. The Hall–Kier alpha value is -0.0666. The zero-order valence-electron chi connectivity index (χ0n) is 22.4. The molecule has 2 aromatic rings. The van der Waals surface area contributed by atoms with Crippen LogP contribution in [0.25, 0.3) is 0 Å². The summed E-state index contributed by atoms with van der Waals surface area (Å²) < 4.78 is 8.11. The van der Waals surface area contributed by atoms with Gasteiger partial charge >= 0.3 is 96.4 Å². The molecule has 5 rings (SSSR count). The van der Waals surface area contributed by atoms with Crippen LogP contribution >= 0.6 is 7.92 Å². The summed E-state index contributed by atoms with van der Waals surface area (Å²) in [5.74, 6) is 0. The minimum atomic E-state index is 0. The number of hydrogen-bond donors (Lipinski definition) is 0. The second-order valence-corrected chi connectivity index (χ2v) is 15.6. The Bertz CT molecular complexity index is 884. The molecule has 6 heteroatoms. The van der Waals surface area contributed by atoms with E-state index in [0.717, 1.165) is 0 Å². The minimum absolute atomic E-state index is 0. The molecule has 2 nitrogen and oxygen atoms in total. The maximum Gasteiger partial charge on any atom is -1.00 e. The van der Waals surface area contributed by atoms with Crippen LogP contribution in [-0.2, 0) is 30.3 Å². The van der Waals surface area contributed by atoms with Crippen LogP contribution in [0.15, 0.2) is 42.7 Å². The summed E-state index contributed by atoms with van der Waals surface area (Å²) in [7, 11) is 4.58. The van der Waals surface area contributed by atoms with Crippen molar-refractivity contribution < 1.29 is 41.0 Å². The Morgan fingerprint density at radius 3 is 1.42 bits per heavy atom. The maximum absolute atomic E-state index is 2.34. The molecular weight excluding hydrogens is 591 g/mol. The fourth-order valence-electron chi connectivity index (χ4n) is 6.37. The number of imidazole rings is 1. The minimum Gasteiger partial charge on any atom is -1.00 e. The third-order valence-corrected chi connectivity index (χ3v) is 14.7. The van der Waals surface area contributed by atoms with Gasteiger partial charge < -0.3 is 24.8 Å². The van der Waals surface area contributed by atoms with Crippen LogP contribution in [0.3, 0.4) is 0 Å². The number of halogens is 2. The first-order valence-electron chi connectivity index (χ1n) is 14.0. The normalized spacial score (nSPS) is 19.4. The second kappa shape index (κ2) is 17.5. The summed E-state index contributed by atoms with van der Waals surface area (Å²) in [6.45, 7) is 0. The summed E-state index contributed by atoms with van der Waals surface area (Å²) in [6.07, 6.45) is 27.8. The van der Waals surface area contributed by atoms with Gasteiger partial charge in [0.05, 0.1) is 0 Å². The second-order valence-electron chi connectivity index (χ2n) is 10.7. The first kappa shape index (κ1) is 32.1. The van der Waals surface area contributed by atoms with Crippen molar-refractivity contribution in [2.75, 3.05) is 0 Å². The van der Waals surface area contributed by atoms with E-state index in [1.807, 2.05) is 0 Å². The first-order valence-corrected chi connectivity index (χ1v) is 17.4.